The summed E-state index contributed by atoms with van der Waals surface area (Å²) >= 11 is 0. The van der Waals surface area contributed by atoms with E-state index in [1.807, 2.05) is 32.2 Å². The number of rotatable bonds is 9. The lowest BCUT2D eigenvalue weighted by Gasteiger charge is -2.24. The molecule has 0 spiro atoms. The van der Waals surface area contributed by atoms with Crippen LogP contribution in [0.15, 0.2) is 29.6 Å². The van der Waals surface area contributed by atoms with Crippen LogP contribution in [0.25, 0.3) is 0 Å². The third-order valence-electron chi connectivity index (χ3n) is 3.89. The summed E-state index contributed by atoms with van der Waals surface area (Å²) in [7, 11) is 0. The minimum absolute atomic E-state index is 0.243. The van der Waals surface area contributed by atoms with Crippen LogP contribution in [0.5, 0.6) is 0 Å². The van der Waals surface area contributed by atoms with Crippen molar-refractivity contribution in [3.8, 4) is 0 Å². The van der Waals surface area contributed by atoms with Crippen LogP contribution in [-0.2, 0) is 6.54 Å². The molecule has 0 saturated heterocycles. The summed E-state index contributed by atoms with van der Waals surface area (Å²) in [5.74, 6) is 0.309. The van der Waals surface area contributed by atoms with Crippen LogP contribution in [0.3, 0.4) is 0 Å². The molecule has 21 heavy (non-hydrogen) atoms. The van der Waals surface area contributed by atoms with Gasteiger partial charge in [0.1, 0.15) is 5.84 Å². The molecule has 0 aromatic carbocycles. The van der Waals surface area contributed by atoms with E-state index in [2.05, 4.69) is 28.0 Å². The molecule has 0 atom stereocenters. The van der Waals surface area contributed by atoms with Gasteiger partial charge in [-0.2, -0.15) is 0 Å². The monoisotopic (exact) mass is 292 g/mol. The third-order valence-corrected chi connectivity index (χ3v) is 3.89. The number of aromatic nitrogens is 1. The zero-order valence-corrected chi connectivity index (χ0v) is 13.4. The second kappa shape index (κ2) is 8.62. The van der Waals surface area contributed by atoms with Gasteiger partial charge in [-0.25, -0.2) is 0 Å². The Hall–Kier alpha value is -1.62. The molecule has 0 fully saturated rings. The molecule has 0 aliphatic rings. The molecule has 3 N–H and O–H groups in total. The minimum atomic E-state index is -0.243. The highest BCUT2D eigenvalue weighted by atomic mass is 16.4. The molecule has 0 aliphatic carbocycles. The SMILES string of the molecule is CCN(CCCCC(C)(C)/C(N)=N/O)Cc1ccccn1. The molecule has 5 heteroatoms. The van der Waals surface area contributed by atoms with E-state index in [-0.39, 0.29) is 5.41 Å². The maximum atomic E-state index is 8.77. The topological polar surface area (TPSA) is 74.7 Å². The number of oxime groups is 1. The van der Waals surface area contributed by atoms with Crippen LogP contribution >= 0.6 is 0 Å². The van der Waals surface area contributed by atoms with Crippen LogP contribution < -0.4 is 5.73 Å². The van der Waals surface area contributed by atoms with Crippen molar-refractivity contribution in [1.29, 1.82) is 0 Å². The van der Waals surface area contributed by atoms with E-state index in [1.165, 1.54) is 0 Å². The Bertz CT molecular complexity index is 431. The third kappa shape index (κ3) is 6.12. The zero-order chi connectivity index (χ0) is 15.7. The van der Waals surface area contributed by atoms with Crippen molar-refractivity contribution < 1.29 is 5.21 Å². The predicted octanol–water partition coefficient (Wildman–Crippen LogP) is 2.85. The Morgan fingerprint density at radius 3 is 2.71 bits per heavy atom. The van der Waals surface area contributed by atoms with Crippen molar-refractivity contribution in [1.82, 2.24) is 9.88 Å². The van der Waals surface area contributed by atoms with E-state index in [9.17, 15) is 0 Å². The van der Waals surface area contributed by atoms with Crippen molar-refractivity contribution in [2.24, 2.45) is 16.3 Å². The Labute approximate surface area is 127 Å². The number of hydrogen-bond acceptors (Lipinski definition) is 4. The van der Waals surface area contributed by atoms with Gasteiger partial charge in [-0.3, -0.25) is 9.88 Å². The summed E-state index contributed by atoms with van der Waals surface area (Å²) in [4.78, 5) is 6.75. The molecule has 118 valence electrons. The van der Waals surface area contributed by atoms with Gasteiger partial charge < -0.3 is 10.9 Å². The van der Waals surface area contributed by atoms with Crippen LogP contribution in [-0.4, -0.2) is 34.0 Å². The lowest BCUT2D eigenvalue weighted by atomic mass is 9.86. The molecular weight excluding hydrogens is 264 g/mol. The molecule has 0 saturated carbocycles. The van der Waals surface area contributed by atoms with E-state index in [0.717, 1.165) is 44.6 Å². The molecular formula is C16H28N4O. The number of unbranched alkanes of at least 4 members (excludes halogenated alkanes) is 1. The fraction of sp³-hybridized carbons (Fsp3) is 0.625. The first-order valence-electron chi connectivity index (χ1n) is 7.60. The second-order valence-electron chi connectivity index (χ2n) is 6.02. The van der Waals surface area contributed by atoms with Crippen molar-refractivity contribution >= 4 is 5.84 Å². The molecule has 1 rings (SSSR count). The summed E-state index contributed by atoms with van der Waals surface area (Å²) in [6.45, 7) is 9.13. The van der Waals surface area contributed by atoms with Gasteiger partial charge in [-0.05, 0) is 38.1 Å². The van der Waals surface area contributed by atoms with E-state index < -0.39 is 0 Å². The smallest absolute Gasteiger partial charge is 0.144 e. The summed E-state index contributed by atoms with van der Waals surface area (Å²) in [5.41, 5.74) is 6.57. The predicted molar refractivity (Wildman–Crippen MR) is 86.2 cm³/mol. The highest BCUT2D eigenvalue weighted by Gasteiger charge is 2.22. The molecule has 0 amide bonds. The number of nitrogens with zero attached hydrogens (tertiary/aromatic N) is 3. The van der Waals surface area contributed by atoms with Gasteiger partial charge in [-0.15, -0.1) is 0 Å². The highest BCUT2D eigenvalue weighted by Crippen LogP contribution is 2.23. The molecule has 5 nitrogen and oxygen atoms in total. The van der Waals surface area contributed by atoms with Gasteiger partial charge in [0, 0.05) is 18.2 Å². The minimum Gasteiger partial charge on any atom is -0.409 e. The molecule has 1 aromatic heterocycles. The highest BCUT2D eigenvalue weighted by molar-refractivity contribution is 5.85. The first-order chi connectivity index (χ1) is 9.99. The van der Waals surface area contributed by atoms with Crippen molar-refractivity contribution in [2.75, 3.05) is 13.1 Å². The standard InChI is InChI=1S/C16H28N4O/c1-4-20(13-14-9-5-7-11-18-14)12-8-6-10-16(2,3)15(17)19-21/h5,7,9,11,21H,4,6,8,10,12-13H2,1-3H3,(H2,17,19). The van der Waals surface area contributed by atoms with Crippen LogP contribution in [0.1, 0.15) is 45.7 Å². The lowest BCUT2D eigenvalue weighted by molar-refractivity contribution is 0.263. The quantitative estimate of drug-likeness (QED) is 0.241. The summed E-state index contributed by atoms with van der Waals surface area (Å²) in [5, 5.41) is 11.9. The van der Waals surface area contributed by atoms with Gasteiger partial charge in [-0.1, -0.05) is 38.4 Å². The molecule has 0 aliphatic heterocycles. The van der Waals surface area contributed by atoms with E-state index in [4.69, 9.17) is 10.9 Å². The Kier molecular flexibility index (Phi) is 7.15. The fourth-order valence-corrected chi connectivity index (χ4v) is 2.24. The summed E-state index contributed by atoms with van der Waals surface area (Å²) < 4.78 is 0. The number of nitrogens with two attached hydrogens (primary N) is 1. The average Bonchev–Trinajstić information content (AvgIpc) is 2.50. The van der Waals surface area contributed by atoms with Gasteiger partial charge >= 0.3 is 0 Å². The van der Waals surface area contributed by atoms with Gasteiger partial charge in [0.15, 0.2) is 0 Å². The van der Waals surface area contributed by atoms with Gasteiger partial charge in [0.05, 0.1) is 5.69 Å². The van der Waals surface area contributed by atoms with Gasteiger partial charge in [0.25, 0.3) is 0 Å². The fourth-order valence-electron chi connectivity index (χ4n) is 2.24. The first-order valence-corrected chi connectivity index (χ1v) is 7.60. The van der Waals surface area contributed by atoms with Crippen molar-refractivity contribution in [2.45, 2.75) is 46.6 Å². The molecule has 1 aromatic rings. The van der Waals surface area contributed by atoms with E-state index in [0.29, 0.717) is 5.84 Å². The Morgan fingerprint density at radius 2 is 2.14 bits per heavy atom. The van der Waals surface area contributed by atoms with E-state index >= 15 is 0 Å². The molecule has 0 unspecified atom stereocenters. The molecule has 0 radical (unpaired) electrons. The maximum absolute atomic E-state index is 8.77. The van der Waals surface area contributed by atoms with Crippen LogP contribution in [0.2, 0.25) is 0 Å². The van der Waals surface area contributed by atoms with Gasteiger partial charge in [0.2, 0.25) is 0 Å². The summed E-state index contributed by atoms with van der Waals surface area (Å²) in [6, 6.07) is 6.02. The van der Waals surface area contributed by atoms with Crippen LogP contribution in [0.4, 0.5) is 0 Å². The second-order valence-corrected chi connectivity index (χ2v) is 6.02. The molecule has 1 heterocycles. The van der Waals surface area contributed by atoms with Crippen LogP contribution in [0, 0.1) is 5.41 Å². The van der Waals surface area contributed by atoms with Crippen molar-refractivity contribution in [3.63, 3.8) is 0 Å². The van der Waals surface area contributed by atoms with E-state index in [1.54, 1.807) is 0 Å². The normalized spacial score (nSPS) is 12.9. The zero-order valence-electron chi connectivity index (χ0n) is 13.4. The maximum Gasteiger partial charge on any atom is 0.144 e. The number of hydrogen-bond donors (Lipinski definition) is 2. The summed E-state index contributed by atoms with van der Waals surface area (Å²) in [6.07, 6.45) is 4.91. The number of pyridine rings is 1. The Morgan fingerprint density at radius 1 is 1.38 bits per heavy atom. The Balaban J connectivity index is 2.33. The molecule has 0 bridgehead atoms. The lowest BCUT2D eigenvalue weighted by Crippen LogP contribution is -2.32. The van der Waals surface area contributed by atoms with Crippen molar-refractivity contribution in [3.05, 3.63) is 30.1 Å². The number of amidine groups is 1. The first kappa shape index (κ1) is 17.4. The largest absolute Gasteiger partial charge is 0.409 e. The average molecular weight is 292 g/mol.